The van der Waals surface area contributed by atoms with E-state index in [9.17, 15) is 18.8 Å². The number of carbonyl (C=O) groups excluding carboxylic acids is 3. The van der Waals surface area contributed by atoms with E-state index in [0.717, 1.165) is 9.78 Å². The molecule has 0 unspecified atom stereocenters. The smallest absolute Gasteiger partial charge is 0.326 e. The molecule has 5 rings (SSSR count). The zero-order valence-electron chi connectivity index (χ0n) is 19.1. The number of carbonyl (C=O) groups is 3. The van der Waals surface area contributed by atoms with Crippen molar-refractivity contribution in [2.75, 3.05) is 6.54 Å². The number of hydrogen-bond donors (Lipinski definition) is 2. The van der Waals surface area contributed by atoms with Crippen molar-refractivity contribution in [1.82, 2.24) is 15.5 Å². The summed E-state index contributed by atoms with van der Waals surface area (Å²) >= 11 is 1.44. The van der Waals surface area contributed by atoms with E-state index in [-0.39, 0.29) is 5.82 Å². The molecule has 4 aromatic rings. The molecule has 0 saturated carbocycles. The maximum atomic E-state index is 13.8. The molecule has 1 aromatic heterocycles. The van der Waals surface area contributed by atoms with Gasteiger partial charge < -0.3 is 10.6 Å². The first kappa shape index (κ1) is 23.4. The Morgan fingerprint density at radius 3 is 2.06 bits per heavy atom. The summed E-state index contributed by atoms with van der Waals surface area (Å²) in [4.78, 5) is 41.8. The first-order valence-corrected chi connectivity index (χ1v) is 12.2. The Morgan fingerprint density at radius 2 is 1.50 bits per heavy atom. The van der Waals surface area contributed by atoms with Crippen molar-refractivity contribution in [2.24, 2.45) is 0 Å². The fourth-order valence-corrected chi connectivity index (χ4v) is 5.24. The minimum atomic E-state index is -1.44. The number of nitrogens with zero attached hydrogens (tertiary/aromatic N) is 1. The van der Waals surface area contributed by atoms with Crippen molar-refractivity contribution in [1.29, 1.82) is 0 Å². The molecule has 0 bridgehead atoms. The second-order valence-corrected chi connectivity index (χ2v) is 9.35. The number of hydrogen-bond acceptors (Lipinski definition) is 4. The van der Waals surface area contributed by atoms with E-state index in [1.54, 1.807) is 60.7 Å². The van der Waals surface area contributed by atoms with Crippen LogP contribution in [0.25, 0.3) is 0 Å². The van der Waals surface area contributed by atoms with Gasteiger partial charge in [0, 0.05) is 4.88 Å². The Morgan fingerprint density at radius 1 is 0.889 bits per heavy atom. The third-order valence-corrected chi connectivity index (χ3v) is 7.09. The lowest BCUT2D eigenvalue weighted by Gasteiger charge is -2.28. The third kappa shape index (κ3) is 4.27. The predicted molar refractivity (Wildman–Crippen MR) is 135 cm³/mol. The molecule has 1 aliphatic rings. The van der Waals surface area contributed by atoms with Gasteiger partial charge in [-0.2, -0.15) is 0 Å². The molecule has 6 nitrogen and oxygen atoms in total. The van der Waals surface area contributed by atoms with Gasteiger partial charge in [0.15, 0.2) is 5.54 Å². The normalized spacial score (nSPS) is 15.4. The topological polar surface area (TPSA) is 78.5 Å². The lowest BCUT2D eigenvalue weighted by Crippen LogP contribution is -2.46. The van der Waals surface area contributed by atoms with Gasteiger partial charge in [0.2, 0.25) is 5.91 Å². The summed E-state index contributed by atoms with van der Waals surface area (Å²) in [7, 11) is 0. The number of thiophene rings is 1. The predicted octanol–water partition coefficient (Wildman–Crippen LogP) is 4.59. The molecule has 3 aromatic carbocycles. The van der Waals surface area contributed by atoms with Crippen molar-refractivity contribution >= 4 is 29.2 Å². The number of halogens is 1. The minimum absolute atomic E-state index is 0.382. The average molecular weight is 500 g/mol. The van der Waals surface area contributed by atoms with Crippen LogP contribution in [0.1, 0.15) is 27.6 Å². The second kappa shape index (κ2) is 9.75. The Labute approximate surface area is 211 Å². The van der Waals surface area contributed by atoms with Crippen LogP contribution in [-0.4, -0.2) is 29.3 Å². The molecule has 0 aliphatic carbocycles. The molecular formula is C28H22FN3O3S. The molecule has 36 heavy (non-hydrogen) atoms. The van der Waals surface area contributed by atoms with Crippen LogP contribution in [-0.2, 0) is 15.1 Å². The van der Waals surface area contributed by atoms with Gasteiger partial charge in [0.05, 0.1) is 6.04 Å². The maximum absolute atomic E-state index is 13.8. The zero-order valence-corrected chi connectivity index (χ0v) is 19.9. The van der Waals surface area contributed by atoms with Gasteiger partial charge in [-0.25, -0.2) is 9.18 Å². The summed E-state index contributed by atoms with van der Waals surface area (Å²) in [6.07, 6.45) is 0. The number of urea groups is 1. The minimum Gasteiger partial charge on any atom is -0.343 e. The summed E-state index contributed by atoms with van der Waals surface area (Å²) in [5, 5.41) is 7.63. The Bertz CT molecular complexity index is 1340. The Balaban J connectivity index is 1.43. The van der Waals surface area contributed by atoms with E-state index < -0.39 is 36.0 Å². The monoisotopic (exact) mass is 499 g/mol. The molecule has 1 atom stereocenters. The average Bonchev–Trinajstić information content (AvgIpc) is 3.52. The quantitative estimate of drug-likeness (QED) is 0.365. The van der Waals surface area contributed by atoms with Gasteiger partial charge in [-0.3, -0.25) is 14.5 Å². The van der Waals surface area contributed by atoms with E-state index in [2.05, 4.69) is 10.6 Å². The first-order chi connectivity index (χ1) is 17.5. The highest BCUT2D eigenvalue weighted by molar-refractivity contribution is 7.10. The van der Waals surface area contributed by atoms with Crippen LogP contribution in [0.5, 0.6) is 0 Å². The molecule has 1 aliphatic heterocycles. The molecule has 180 valence electrons. The molecule has 2 heterocycles. The van der Waals surface area contributed by atoms with Gasteiger partial charge in [-0.05, 0) is 40.3 Å². The van der Waals surface area contributed by atoms with Crippen LogP contribution in [0.3, 0.4) is 0 Å². The van der Waals surface area contributed by atoms with Gasteiger partial charge in [-0.1, -0.05) is 78.9 Å². The van der Waals surface area contributed by atoms with Gasteiger partial charge in [0.1, 0.15) is 12.4 Å². The van der Waals surface area contributed by atoms with Crippen LogP contribution in [0, 0.1) is 5.82 Å². The molecule has 1 saturated heterocycles. The number of imide groups is 1. The number of benzene rings is 3. The standard InChI is InChI=1S/C28H22FN3O3S/c29-22-15-13-19(14-16-22)25(23-12-7-17-36-23)30-24(33)18-32-26(34)28(31-27(32)35,20-8-3-1-4-9-20)21-10-5-2-6-11-21/h1-17,25H,18H2,(H,30,33)(H,31,35)/t25-/m1/s1. The number of amides is 4. The summed E-state index contributed by atoms with van der Waals surface area (Å²) in [5.41, 5.74) is 0.442. The molecule has 8 heteroatoms. The van der Waals surface area contributed by atoms with E-state index in [0.29, 0.717) is 16.7 Å². The van der Waals surface area contributed by atoms with Crippen molar-refractivity contribution in [3.8, 4) is 0 Å². The lowest BCUT2D eigenvalue weighted by atomic mass is 9.82. The summed E-state index contributed by atoms with van der Waals surface area (Å²) < 4.78 is 13.5. The summed E-state index contributed by atoms with van der Waals surface area (Å²) in [6, 6.07) is 26.3. The fraction of sp³-hybridized carbons (Fsp3) is 0.107. The summed E-state index contributed by atoms with van der Waals surface area (Å²) in [5.74, 6) is -1.43. The van der Waals surface area contributed by atoms with Crippen LogP contribution in [0.15, 0.2) is 102 Å². The molecule has 0 spiro atoms. The van der Waals surface area contributed by atoms with Crippen LogP contribution in [0.4, 0.5) is 9.18 Å². The first-order valence-electron chi connectivity index (χ1n) is 11.3. The third-order valence-electron chi connectivity index (χ3n) is 6.16. The van der Waals surface area contributed by atoms with Crippen molar-refractivity contribution in [3.05, 3.63) is 130 Å². The van der Waals surface area contributed by atoms with Crippen LogP contribution < -0.4 is 10.6 Å². The van der Waals surface area contributed by atoms with E-state index in [1.165, 1.54) is 23.5 Å². The highest BCUT2D eigenvalue weighted by Crippen LogP contribution is 2.36. The van der Waals surface area contributed by atoms with Gasteiger partial charge in [-0.15, -0.1) is 11.3 Å². The summed E-state index contributed by atoms with van der Waals surface area (Å²) in [6.45, 7) is -0.463. The van der Waals surface area contributed by atoms with Crippen LogP contribution in [0.2, 0.25) is 0 Å². The number of nitrogens with one attached hydrogen (secondary N) is 2. The van der Waals surface area contributed by atoms with Crippen molar-refractivity contribution < 1.29 is 18.8 Å². The van der Waals surface area contributed by atoms with E-state index in [1.807, 2.05) is 29.6 Å². The fourth-order valence-electron chi connectivity index (χ4n) is 4.43. The van der Waals surface area contributed by atoms with Crippen molar-refractivity contribution in [3.63, 3.8) is 0 Å². The SMILES string of the molecule is O=C(CN1C(=O)NC(c2ccccc2)(c2ccccc2)C1=O)N[C@H](c1ccc(F)cc1)c1cccs1. The molecule has 1 fully saturated rings. The molecule has 4 amide bonds. The highest BCUT2D eigenvalue weighted by atomic mass is 32.1. The van der Waals surface area contributed by atoms with Crippen molar-refractivity contribution in [2.45, 2.75) is 11.6 Å². The zero-order chi connectivity index (χ0) is 25.1. The maximum Gasteiger partial charge on any atom is 0.326 e. The van der Waals surface area contributed by atoms with E-state index in [4.69, 9.17) is 0 Å². The Hall–Kier alpha value is -4.30. The number of rotatable bonds is 7. The largest absolute Gasteiger partial charge is 0.343 e. The Kier molecular flexibility index (Phi) is 6.35. The lowest BCUT2D eigenvalue weighted by molar-refractivity contribution is -0.134. The van der Waals surface area contributed by atoms with Gasteiger partial charge >= 0.3 is 6.03 Å². The van der Waals surface area contributed by atoms with Crippen LogP contribution >= 0.6 is 11.3 Å². The molecule has 0 radical (unpaired) electrons. The van der Waals surface area contributed by atoms with E-state index >= 15 is 0 Å². The van der Waals surface area contributed by atoms with Gasteiger partial charge in [0.25, 0.3) is 5.91 Å². The highest BCUT2D eigenvalue weighted by Gasteiger charge is 2.54. The molecule has 2 N–H and O–H groups in total. The molecular weight excluding hydrogens is 477 g/mol. The second-order valence-electron chi connectivity index (χ2n) is 8.37.